The van der Waals surface area contributed by atoms with Gasteiger partial charge in [0.05, 0.1) is 27.8 Å². The highest BCUT2D eigenvalue weighted by atomic mass is 15.0. The van der Waals surface area contributed by atoms with E-state index in [4.69, 9.17) is 5.73 Å². The van der Waals surface area contributed by atoms with E-state index in [2.05, 4.69) is 200 Å². The summed E-state index contributed by atoms with van der Waals surface area (Å²) in [6.07, 6.45) is 21.6. The SMILES string of the molecule is CCc1c2c(n(-c3ccc(Cc4cc(Cc5ccc(-n6c7ccccc7c7cnccc76)cc5)cc(Cc5ccc(-n6c7ccccc7c7cnccc76)cc5)c4)cc3)c1/C=C\N)CCC=C2. The highest BCUT2D eigenvalue weighted by molar-refractivity contribution is 6.09. The van der Waals surface area contributed by atoms with Crippen LogP contribution in [0.25, 0.3) is 72.8 Å². The van der Waals surface area contributed by atoms with E-state index in [0.717, 1.165) is 60.9 Å². The van der Waals surface area contributed by atoms with Gasteiger partial charge in [0.15, 0.2) is 0 Å². The molecule has 324 valence electrons. The molecule has 0 amide bonds. The summed E-state index contributed by atoms with van der Waals surface area (Å²) in [4.78, 5) is 8.90. The first-order chi connectivity index (χ1) is 33.1. The number of hydrogen-bond acceptors (Lipinski definition) is 3. The van der Waals surface area contributed by atoms with E-state index >= 15 is 0 Å². The second-order valence-electron chi connectivity index (χ2n) is 17.9. The monoisotopic (exact) mass is 866 g/mol. The van der Waals surface area contributed by atoms with Gasteiger partial charge in [-0.3, -0.25) is 9.97 Å². The number of hydrogen-bond donors (Lipinski definition) is 1. The van der Waals surface area contributed by atoms with Crippen molar-refractivity contribution >= 4 is 55.8 Å². The van der Waals surface area contributed by atoms with Crippen molar-refractivity contribution in [2.45, 2.75) is 45.4 Å². The van der Waals surface area contributed by atoms with Crippen molar-refractivity contribution in [3.8, 4) is 17.1 Å². The molecule has 0 saturated heterocycles. The average molecular weight is 867 g/mol. The number of aromatic nitrogens is 5. The van der Waals surface area contributed by atoms with Crippen LogP contribution in [-0.2, 0) is 32.1 Å². The van der Waals surface area contributed by atoms with Gasteiger partial charge in [0.2, 0.25) is 0 Å². The third-order valence-corrected chi connectivity index (χ3v) is 13.8. The van der Waals surface area contributed by atoms with Crippen molar-refractivity contribution in [1.82, 2.24) is 23.7 Å². The fraction of sp³-hybridized carbons (Fsp3) is 0.115. The third kappa shape index (κ3) is 7.22. The molecule has 5 heterocycles. The molecule has 0 bridgehead atoms. The van der Waals surface area contributed by atoms with E-state index in [0.29, 0.717) is 0 Å². The fourth-order valence-corrected chi connectivity index (χ4v) is 10.8. The van der Waals surface area contributed by atoms with Gasteiger partial charge in [-0.1, -0.05) is 110 Å². The number of rotatable bonds is 11. The molecule has 6 heteroatoms. The summed E-state index contributed by atoms with van der Waals surface area (Å²) in [5.74, 6) is 0. The summed E-state index contributed by atoms with van der Waals surface area (Å²) in [5.41, 5.74) is 27.3. The summed E-state index contributed by atoms with van der Waals surface area (Å²) in [7, 11) is 0. The van der Waals surface area contributed by atoms with Crippen LogP contribution < -0.4 is 5.73 Å². The molecule has 2 N–H and O–H groups in total. The zero-order chi connectivity index (χ0) is 44.8. The maximum absolute atomic E-state index is 6.03. The Hall–Kier alpha value is -8.22. The Bertz CT molecular complexity index is 3410. The lowest BCUT2D eigenvalue weighted by atomic mass is 9.94. The quantitative estimate of drug-likeness (QED) is 0.141. The van der Waals surface area contributed by atoms with Gasteiger partial charge in [-0.15, -0.1) is 0 Å². The van der Waals surface area contributed by atoms with Gasteiger partial charge in [0.1, 0.15) is 0 Å². The highest BCUT2D eigenvalue weighted by Gasteiger charge is 2.22. The van der Waals surface area contributed by atoms with Gasteiger partial charge in [-0.25, -0.2) is 0 Å². The lowest BCUT2D eigenvalue weighted by Crippen LogP contribution is -2.05. The van der Waals surface area contributed by atoms with Crippen LogP contribution in [0.5, 0.6) is 0 Å². The fourth-order valence-electron chi connectivity index (χ4n) is 10.8. The Morgan fingerprint density at radius 2 is 0.955 bits per heavy atom. The Kier molecular flexibility index (Phi) is 10.2. The summed E-state index contributed by atoms with van der Waals surface area (Å²) in [5, 5.41) is 4.76. The van der Waals surface area contributed by atoms with Crippen LogP contribution in [0.4, 0.5) is 0 Å². The van der Waals surface area contributed by atoms with Gasteiger partial charge in [0, 0.05) is 69.1 Å². The molecule has 11 aromatic rings. The Morgan fingerprint density at radius 1 is 0.507 bits per heavy atom. The van der Waals surface area contributed by atoms with Gasteiger partial charge in [-0.2, -0.15) is 0 Å². The van der Waals surface area contributed by atoms with Crippen molar-refractivity contribution in [3.05, 3.63) is 245 Å². The number of nitrogens with zero attached hydrogens (tertiary/aromatic N) is 5. The first-order valence-corrected chi connectivity index (χ1v) is 23.5. The summed E-state index contributed by atoms with van der Waals surface area (Å²) < 4.78 is 7.13. The molecule has 0 spiro atoms. The third-order valence-electron chi connectivity index (χ3n) is 13.8. The van der Waals surface area contributed by atoms with Crippen molar-refractivity contribution in [2.24, 2.45) is 5.73 Å². The van der Waals surface area contributed by atoms with Gasteiger partial charge < -0.3 is 19.4 Å². The van der Waals surface area contributed by atoms with E-state index in [1.54, 1.807) is 6.20 Å². The van der Waals surface area contributed by atoms with Gasteiger partial charge in [0.25, 0.3) is 0 Å². The predicted octanol–water partition coefficient (Wildman–Crippen LogP) is 13.7. The molecule has 0 unspecified atom stereocenters. The van der Waals surface area contributed by atoms with Crippen LogP contribution in [0.3, 0.4) is 0 Å². The number of benzene rings is 6. The van der Waals surface area contributed by atoms with E-state index in [-0.39, 0.29) is 0 Å². The standard InChI is InChI=1S/C61H50N6/c1-2-50-51-9-3-6-12-56(51)65(59(50)27-30-62)47-21-15-41(16-22-47)33-44-36-45(34-42-17-23-48(24-18-42)66-57-13-7-4-10-52(57)54-39-63-31-28-60(54)66)38-46(37-44)35-43-19-25-49(26-20-43)67-58-14-8-5-11-53(58)55-40-64-32-29-61(55)67/h3-5,7-11,13-32,36-40H,2,6,12,33-35,62H2,1H3/b30-27-. The number of para-hydroxylation sites is 2. The molecule has 12 rings (SSSR count). The molecule has 6 nitrogen and oxygen atoms in total. The van der Waals surface area contributed by atoms with Crippen molar-refractivity contribution in [1.29, 1.82) is 0 Å². The predicted molar refractivity (Wildman–Crippen MR) is 278 cm³/mol. The summed E-state index contributed by atoms with van der Waals surface area (Å²) >= 11 is 0. The molecule has 0 fully saturated rings. The minimum atomic E-state index is 0.836. The van der Waals surface area contributed by atoms with Gasteiger partial charge >= 0.3 is 0 Å². The molecule has 0 saturated carbocycles. The van der Waals surface area contributed by atoms with Crippen LogP contribution in [-0.4, -0.2) is 23.7 Å². The number of fused-ring (bicyclic) bond motifs is 7. The molecule has 1 aliphatic rings. The first kappa shape index (κ1) is 40.3. The molecular formula is C61H50N6. The minimum absolute atomic E-state index is 0.836. The van der Waals surface area contributed by atoms with Crippen molar-refractivity contribution in [2.75, 3.05) is 0 Å². The van der Waals surface area contributed by atoms with Crippen LogP contribution in [0.1, 0.15) is 69.2 Å². The van der Waals surface area contributed by atoms with E-state index in [1.807, 2.05) is 24.8 Å². The Morgan fingerprint density at radius 3 is 1.42 bits per heavy atom. The maximum Gasteiger partial charge on any atom is 0.0571 e. The second kappa shape index (κ2) is 17.0. The Labute approximate surface area is 390 Å². The van der Waals surface area contributed by atoms with Crippen LogP contribution in [0, 0.1) is 0 Å². The molecule has 0 aliphatic heterocycles. The molecule has 5 aromatic heterocycles. The number of pyridine rings is 2. The lowest BCUT2D eigenvalue weighted by Gasteiger charge is -2.15. The molecule has 0 atom stereocenters. The molecule has 0 radical (unpaired) electrons. The maximum atomic E-state index is 6.03. The van der Waals surface area contributed by atoms with Crippen LogP contribution >= 0.6 is 0 Å². The molecule has 1 aliphatic carbocycles. The smallest absolute Gasteiger partial charge is 0.0571 e. The first-order valence-electron chi connectivity index (χ1n) is 23.5. The molecular weight excluding hydrogens is 817 g/mol. The normalized spacial score (nSPS) is 12.6. The lowest BCUT2D eigenvalue weighted by molar-refractivity contribution is 0.869. The van der Waals surface area contributed by atoms with Crippen LogP contribution in [0.2, 0.25) is 0 Å². The molecule has 6 aromatic carbocycles. The largest absolute Gasteiger partial charge is 0.405 e. The van der Waals surface area contributed by atoms with Gasteiger partial charge in [-0.05, 0) is 156 Å². The van der Waals surface area contributed by atoms with Crippen LogP contribution in [0.15, 0.2) is 189 Å². The average Bonchev–Trinajstić information content (AvgIpc) is 4.00. The second-order valence-corrected chi connectivity index (χ2v) is 17.9. The minimum Gasteiger partial charge on any atom is -0.405 e. The molecule has 67 heavy (non-hydrogen) atoms. The number of allylic oxidation sites excluding steroid dienone is 1. The summed E-state index contributed by atoms with van der Waals surface area (Å²) in [6.45, 7) is 2.24. The zero-order valence-electron chi connectivity index (χ0n) is 37.6. The number of nitrogens with two attached hydrogens (primary N) is 1. The topological polar surface area (TPSA) is 66.6 Å². The van der Waals surface area contributed by atoms with E-state index in [9.17, 15) is 0 Å². The van der Waals surface area contributed by atoms with E-state index in [1.165, 1.54) is 94.2 Å². The van der Waals surface area contributed by atoms with Crippen molar-refractivity contribution < 1.29 is 0 Å². The van der Waals surface area contributed by atoms with E-state index < -0.39 is 0 Å². The Balaban J connectivity index is 0.873. The highest BCUT2D eigenvalue weighted by Crippen LogP contribution is 2.35. The van der Waals surface area contributed by atoms with Crippen molar-refractivity contribution in [3.63, 3.8) is 0 Å². The summed E-state index contributed by atoms with van der Waals surface area (Å²) in [6, 6.07) is 56.1. The zero-order valence-corrected chi connectivity index (χ0v) is 37.6.